The van der Waals surface area contributed by atoms with Gasteiger partial charge in [-0.3, -0.25) is 9.69 Å². The Morgan fingerprint density at radius 1 is 1.05 bits per heavy atom. The largest absolute Gasteiger partial charge is 0.478 e. The van der Waals surface area contributed by atoms with Crippen molar-refractivity contribution < 1.29 is 14.7 Å². The van der Waals surface area contributed by atoms with Crippen LogP contribution in [-0.4, -0.2) is 38.2 Å². The highest BCUT2D eigenvalue weighted by molar-refractivity contribution is 8.18. The lowest BCUT2D eigenvalue weighted by Gasteiger charge is -2.12. The molecule has 0 unspecified atom stereocenters. The SMILES string of the molecule is CCN1C(=O)/C(=C\c2cn(Cc3ccc(Cl)c(Cl)c3)c3ccccc23)SC1=Nc1ccc(C(=O)O)cc1. The Morgan fingerprint density at radius 3 is 2.51 bits per heavy atom. The van der Waals surface area contributed by atoms with Crippen molar-refractivity contribution >= 4 is 74.7 Å². The summed E-state index contributed by atoms with van der Waals surface area (Å²) in [6, 6.07) is 19.9. The number of carbonyl (C=O) groups is 2. The molecule has 1 aliphatic rings. The number of carboxylic acid groups (broad SMARTS) is 1. The molecule has 0 bridgehead atoms. The van der Waals surface area contributed by atoms with Gasteiger partial charge >= 0.3 is 5.97 Å². The second-order valence-electron chi connectivity index (χ2n) is 8.38. The van der Waals surface area contributed by atoms with E-state index in [1.807, 2.05) is 55.6 Å². The van der Waals surface area contributed by atoms with Gasteiger partial charge in [0.1, 0.15) is 0 Å². The second kappa shape index (κ2) is 10.5. The van der Waals surface area contributed by atoms with Crippen LogP contribution in [0.1, 0.15) is 28.4 Å². The van der Waals surface area contributed by atoms with Crippen molar-refractivity contribution in [2.24, 2.45) is 4.99 Å². The molecule has 4 aromatic rings. The zero-order valence-electron chi connectivity index (χ0n) is 19.7. The van der Waals surface area contributed by atoms with Crippen LogP contribution < -0.4 is 0 Å². The summed E-state index contributed by atoms with van der Waals surface area (Å²) in [7, 11) is 0. The molecule has 1 amide bonds. The number of likely N-dealkylation sites (N-methyl/N-ethyl adjacent to an activating group) is 1. The number of rotatable bonds is 6. The molecule has 186 valence electrons. The third-order valence-electron chi connectivity index (χ3n) is 5.99. The van der Waals surface area contributed by atoms with Crippen molar-refractivity contribution in [1.29, 1.82) is 0 Å². The predicted molar refractivity (Wildman–Crippen MR) is 151 cm³/mol. The van der Waals surface area contributed by atoms with Crippen molar-refractivity contribution in [2.75, 3.05) is 6.54 Å². The molecule has 1 N–H and O–H groups in total. The van der Waals surface area contributed by atoms with Crippen LogP contribution in [0.15, 0.2) is 82.8 Å². The average molecular weight is 550 g/mol. The Morgan fingerprint density at radius 2 is 1.81 bits per heavy atom. The number of benzene rings is 3. The summed E-state index contributed by atoms with van der Waals surface area (Å²) in [6.45, 7) is 2.96. The first-order valence-electron chi connectivity index (χ1n) is 11.5. The minimum atomic E-state index is -0.997. The fraction of sp³-hybridized carbons (Fsp3) is 0.107. The number of aromatic nitrogens is 1. The lowest BCUT2D eigenvalue weighted by atomic mass is 10.1. The van der Waals surface area contributed by atoms with E-state index in [-0.39, 0.29) is 11.5 Å². The molecule has 37 heavy (non-hydrogen) atoms. The summed E-state index contributed by atoms with van der Waals surface area (Å²) < 4.78 is 2.13. The third kappa shape index (κ3) is 5.16. The number of para-hydroxylation sites is 1. The quantitative estimate of drug-likeness (QED) is 0.255. The van der Waals surface area contributed by atoms with Crippen LogP contribution in [0.4, 0.5) is 5.69 Å². The molecule has 1 fully saturated rings. The topological polar surface area (TPSA) is 74.9 Å². The van der Waals surface area contributed by atoms with Gasteiger partial charge in [-0.2, -0.15) is 0 Å². The first kappa shape index (κ1) is 25.1. The highest BCUT2D eigenvalue weighted by atomic mass is 35.5. The Hall–Kier alpha value is -3.52. The molecule has 1 aromatic heterocycles. The van der Waals surface area contributed by atoms with Gasteiger partial charge in [0.05, 0.1) is 26.2 Å². The number of nitrogens with zero attached hydrogens (tertiary/aromatic N) is 3. The van der Waals surface area contributed by atoms with Gasteiger partial charge in [-0.15, -0.1) is 0 Å². The number of hydrogen-bond donors (Lipinski definition) is 1. The van der Waals surface area contributed by atoms with Crippen LogP contribution in [0.3, 0.4) is 0 Å². The van der Waals surface area contributed by atoms with E-state index < -0.39 is 5.97 Å². The van der Waals surface area contributed by atoms with Crippen LogP contribution in [-0.2, 0) is 11.3 Å². The van der Waals surface area contributed by atoms with Crippen molar-refractivity contribution in [3.63, 3.8) is 0 Å². The molecular formula is C28H21Cl2N3O3S. The average Bonchev–Trinajstić information content (AvgIpc) is 3.38. The molecule has 0 atom stereocenters. The molecule has 0 aliphatic carbocycles. The number of carboxylic acids is 1. The number of aliphatic imine (C=N–C) groups is 1. The van der Waals surface area contributed by atoms with Crippen molar-refractivity contribution in [1.82, 2.24) is 9.47 Å². The Balaban J connectivity index is 1.49. The zero-order chi connectivity index (χ0) is 26.1. The minimum Gasteiger partial charge on any atom is -0.478 e. The Bertz CT molecular complexity index is 1590. The molecule has 0 saturated carbocycles. The lowest BCUT2D eigenvalue weighted by molar-refractivity contribution is -0.122. The third-order valence-corrected chi connectivity index (χ3v) is 7.73. The maximum atomic E-state index is 13.2. The highest BCUT2D eigenvalue weighted by Crippen LogP contribution is 2.36. The fourth-order valence-corrected chi connectivity index (χ4v) is 5.53. The van der Waals surface area contributed by atoms with Gasteiger partial charge < -0.3 is 9.67 Å². The van der Waals surface area contributed by atoms with E-state index in [1.54, 1.807) is 23.1 Å². The molecule has 1 saturated heterocycles. The van der Waals surface area contributed by atoms with Crippen molar-refractivity contribution in [3.8, 4) is 0 Å². The maximum absolute atomic E-state index is 13.2. The van der Waals surface area contributed by atoms with Gasteiger partial charge in [0.2, 0.25) is 0 Å². The van der Waals surface area contributed by atoms with Crippen LogP contribution in [0.5, 0.6) is 0 Å². The summed E-state index contributed by atoms with van der Waals surface area (Å²) in [4.78, 5) is 31.2. The monoisotopic (exact) mass is 549 g/mol. The molecule has 0 spiro atoms. The molecule has 5 rings (SSSR count). The van der Waals surface area contributed by atoms with E-state index in [4.69, 9.17) is 28.3 Å². The molecule has 1 aliphatic heterocycles. The molecule has 9 heteroatoms. The van der Waals surface area contributed by atoms with Crippen LogP contribution >= 0.6 is 35.0 Å². The maximum Gasteiger partial charge on any atom is 0.335 e. The number of aromatic carboxylic acids is 1. The molecular weight excluding hydrogens is 529 g/mol. The molecule has 0 radical (unpaired) electrons. The summed E-state index contributed by atoms with van der Waals surface area (Å²) in [6.07, 6.45) is 3.93. The number of amides is 1. The number of thioether (sulfide) groups is 1. The van der Waals surface area contributed by atoms with Crippen LogP contribution in [0, 0.1) is 0 Å². The van der Waals surface area contributed by atoms with E-state index in [1.165, 1.54) is 23.9 Å². The van der Waals surface area contributed by atoms with Gasteiger partial charge in [0, 0.05) is 35.8 Å². The number of halogens is 2. The van der Waals surface area contributed by atoms with Gasteiger partial charge in [0.25, 0.3) is 5.91 Å². The Labute approximate surface area is 227 Å². The van der Waals surface area contributed by atoms with E-state index in [0.29, 0.717) is 38.9 Å². The molecule has 2 heterocycles. The fourth-order valence-electron chi connectivity index (χ4n) is 4.16. The standard InChI is InChI=1S/C28H21Cl2N3O3S/c1-2-33-26(34)25(37-28(33)31-20-10-8-18(9-11-20)27(35)36)14-19-16-32(24-6-4-3-5-21(19)24)15-17-7-12-22(29)23(30)13-17/h3-14,16H,2,15H2,1H3,(H,35,36)/b25-14+,31-28?. The summed E-state index contributed by atoms with van der Waals surface area (Å²) >= 11 is 13.6. The summed E-state index contributed by atoms with van der Waals surface area (Å²) in [5.41, 5.74) is 3.74. The van der Waals surface area contributed by atoms with E-state index in [0.717, 1.165) is 22.0 Å². The summed E-state index contributed by atoms with van der Waals surface area (Å²) in [5.74, 6) is -1.11. The summed E-state index contributed by atoms with van der Waals surface area (Å²) in [5, 5.41) is 11.7. The number of carbonyl (C=O) groups excluding carboxylic acids is 1. The predicted octanol–water partition coefficient (Wildman–Crippen LogP) is 7.32. The first-order valence-corrected chi connectivity index (χ1v) is 13.1. The minimum absolute atomic E-state index is 0.116. The Kier molecular flexibility index (Phi) is 7.11. The van der Waals surface area contributed by atoms with Crippen molar-refractivity contribution in [3.05, 3.63) is 105 Å². The van der Waals surface area contributed by atoms with E-state index in [2.05, 4.69) is 9.56 Å². The van der Waals surface area contributed by atoms with Gasteiger partial charge in [-0.05, 0) is 72.8 Å². The zero-order valence-corrected chi connectivity index (χ0v) is 22.0. The molecule has 6 nitrogen and oxygen atoms in total. The van der Waals surface area contributed by atoms with Gasteiger partial charge in [-0.1, -0.05) is 47.5 Å². The van der Waals surface area contributed by atoms with Crippen LogP contribution in [0.2, 0.25) is 10.0 Å². The lowest BCUT2D eigenvalue weighted by Crippen LogP contribution is -2.28. The molecule has 3 aromatic carbocycles. The normalized spacial score (nSPS) is 15.9. The first-order chi connectivity index (χ1) is 17.8. The van der Waals surface area contributed by atoms with Gasteiger partial charge in [-0.25, -0.2) is 9.79 Å². The van der Waals surface area contributed by atoms with E-state index in [9.17, 15) is 9.59 Å². The van der Waals surface area contributed by atoms with Gasteiger partial charge in [0.15, 0.2) is 5.17 Å². The number of fused-ring (bicyclic) bond motifs is 1. The van der Waals surface area contributed by atoms with E-state index >= 15 is 0 Å². The van der Waals surface area contributed by atoms with Crippen molar-refractivity contribution in [2.45, 2.75) is 13.5 Å². The second-order valence-corrected chi connectivity index (χ2v) is 10.2. The smallest absolute Gasteiger partial charge is 0.335 e. The highest BCUT2D eigenvalue weighted by Gasteiger charge is 2.32. The number of amidine groups is 1. The van der Waals surface area contributed by atoms with Crippen LogP contribution in [0.25, 0.3) is 17.0 Å². The number of hydrogen-bond acceptors (Lipinski definition) is 4.